The second kappa shape index (κ2) is 4.78. The third kappa shape index (κ3) is 2.33. The van der Waals surface area contributed by atoms with E-state index < -0.39 is 0 Å². The van der Waals surface area contributed by atoms with E-state index in [-0.39, 0.29) is 5.75 Å². The molecule has 0 spiro atoms. The number of phenols is 1. The Morgan fingerprint density at radius 2 is 1.74 bits per heavy atom. The molecule has 1 aromatic heterocycles. The van der Waals surface area contributed by atoms with Crippen LogP contribution in [0.15, 0.2) is 59.2 Å². The Morgan fingerprint density at radius 3 is 2.47 bits per heavy atom. The lowest BCUT2D eigenvalue weighted by molar-refractivity contribution is 0.473. The number of aromatic hydroxyl groups is 1. The van der Waals surface area contributed by atoms with E-state index in [4.69, 9.17) is 16.0 Å². The van der Waals surface area contributed by atoms with Crippen molar-refractivity contribution in [2.75, 3.05) is 0 Å². The van der Waals surface area contributed by atoms with Crippen LogP contribution in [0, 0.1) is 0 Å². The van der Waals surface area contributed by atoms with Gasteiger partial charge in [0.2, 0.25) is 5.89 Å². The number of rotatable bonds is 2. The van der Waals surface area contributed by atoms with E-state index in [9.17, 15) is 5.11 Å². The summed E-state index contributed by atoms with van der Waals surface area (Å²) in [4.78, 5) is 4.37. The van der Waals surface area contributed by atoms with E-state index >= 15 is 0 Å². The summed E-state index contributed by atoms with van der Waals surface area (Å²) in [6.45, 7) is 0. The SMILES string of the molecule is Oc1ccccc1-c1nc(-c2ccc(Cl)cc2)co1. The molecular weight excluding hydrogens is 262 g/mol. The molecule has 0 bridgehead atoms. The Bertz CT molecular complexity index is 704. The Balaban J connectivity index is 2.00. The van der Waals surface area contributed by atoms with Crippen molar-refractivity contribution in [1.29, 1.82) is 0 Å². The van der Waals surface area contributed by atoms with Gasteiger partial charge in [0.15, 0.2) is 0 Å². The highest BCUT2D eigenvalue weighted by molar-refractivity contribution is 6.30. The molecule has 0 amide bonds. The van der Waals surface area contributed by atoms with Crippen molar-refractivity contribution in [2.24, 2.45) is 0 Å². The zero-order valence-corrected chi connectivity index (χ0v) is 10.6. The molecule has 3 aromatic rings. The number of phenolic OH excluding ortho intramolecular Hbond substituents is 1. The average molecular weight is 272 g/mol. The number of halogens is 1. The van der Waals surface area contributed by atoms with Gasteiger partial charge >= 0.3 is 0 Å². The first-order valence-electron chi connectivity index (χ1n) is 5.74. The molecule has 0 saturated heterocycles. The summed E-state index contributed by atoms with van der Waals surface area (Å²) in [6, 6.07) is 14.3. The predicted molar refractivity (Wildman–Crippen MR) is 74.0 cm³/mol. The van der Waals surface area contributed by atoms with E-state index in [1.807, 2.05) is 18.2 Å². The van der Waals surface area contributed by atoms with Crippen LogP contribution in [0.2, 0.25) is 5.02 Å². The minimum Gasteiger partial charge on any atom is -0.507 e. The third-order valence-electron chi connectivity index (χ3n) is 2.78. The average Bonchev–Trinajstić information content (AvgIpc) is 2.89. The van der Waals surface area contributed by atoms with Crippen molar-refractivity contribution in [1.82, 2.24) is 4.98 Å². The van der Waals surface area contributed by atoms with Crippen LogP contribution in [0.3, 0.4) is 0 Å². The summed E-state index contributed by atoms with van der Waals surface area (Å²) in [6.07, 6.45) is 1.56. The lowest BCUT2D eigenvalue weighted by atomic mass is 10.2. The molecule has 94 valence electrons. The first-order valence-corrected chi connectivity index (χ1v) is 6.11. The second-order valence-corrected chi connectivity index (χ2v) is 4.50. The van der Waals surface area contributed by atoms with Crippen LogP contribution in [0.5, 0.6) is 5.75 Å². The Kier molecular flexibility index (Phi) is 2.97. The predicted octanol–water partition coefficient (Wildman–Crippen LogP) is 4.37. The quantitative estimate of drug-likeness (QED) is 0.753. The fraction of sp³-hybridized carbons (Fsp3) is 0. The van der Waals surface area contributed by atoms with Crippen molar-refractivity contribution >= 4 is 11.6 Å². The number of nitrogens with zero attached hydrogens (tertiary/aromatic N) is 1. The number of hydrogen-bond acceptors (Lipinski definition) is 3. The van der Waals surface area contributed by atoms with Crippen LogP contribution in [0.25, 0.3) is 22.7 Å². The molecule has 0 radical (unpaired) electrons. The largest absolute Gasteiger partial charge is 0.507 e. The molecule has 19 heavy (non-hydrogen) atoms. The maximum Gasteiger partial charge on any atom is 0.230 e. The smallest absolute Gasteiger partial charge is 0.230 e. The Hall–Kier alpha value is -2.26. The van der Waals surface area contributed by atoms with E-state index in [0.717, 1.165) is 5.56 Å². The molecule has 2 aromatic carbocycles. The molecule has 0 saturated carbocycles. The molecule has 0 fully saturated rings. The number of oxazole rings is 1. The normalized spacial score (nSPS) is 10.6. The molecule has 4 heteroatoms. The van der Waals surface area contributed by atoms with E-state index in [0.29, 0.717) is 22.2 Å². The summed E-state index contributed by atoms with van der Waals surface area (Å²) in [7, 11) is 0. The summed E-state index contributed by atoms with van der Waals surface area (Å²) < 4.78 is 5.41. The first kappa shape index (κ1) is 11.8. The number of hydrogen-bond donors (Lipinski definition) is 1. The highest BCUT2D eigenvalue weighted by atomic mass is 35.5. The molecule has 3 nitrogen and oxygen atoms in total. The zero-order chi connectivity index (χ0) is 13.2. The lowest BCUT2D eigenvalue weighted by Gasteiger charge is -1.98. The van der Waals surface area contributed by atoms with Crippen LogP contribution in [0.4, 0.5) is 0 Å². The molecule has 0 unspecified atom stereocenters. The molecule has 0 aliphatic carbocycles. The van der Waals surface area contributed by atoms with Gasteiger partial charge in [-0.2, -0.15) is 0 Å². The van der Waals surface area contributed by atoms with E-state index in [2.05, 4.69) is 4.98 Å². The van der Waals surface area contributed by atoms with E-state index in [1.165, 1.54) is 0 Å². The van der Waals surface area contributed by atoms with Crippen molar-refractivity contribution in [2.45, 2.75) is 0 Å². The standard InChI is InChI=1S/C15H10ClNO2/c16-11-7-5-10(6-8-11)13-9-19-15(17-13)12-3-1-2-4-14(12)18/h1-9,18H. The molecule has 1 heterocycles. The van der Waals surface area contributed by atoms with Crippen LogP contribution in [-0.2, 0) is 0 Å². The zero-order valence-electron chi connectivity index (χ0n) is 9.88. The maximum atomic E-state index is 9.76. The van der Waals surface area contributed by atoms with Gasteiger partial charge in [0.05, 0.1) is 5.56 Å². The van der Waals surface area contributed by atoms with Gasteiger partial charge in [-0.25, -0.2) is 4.98 Å². The topological polar surface area (TPSA) is 46.3 Å². The molecule has 3 rings (SSSR count). The van der Waals surface area contributed by atoms with Gasteiger partial charge in [0.25, 0.3) is 0 Å². The maximum absolute atomic E-state index is 9.76. The fourth-order valence-electron chi connectivity index (χ4n) is 1.81. The number of aromatic nitrogens is 1. The van der Waals surface area contributed by atoms with E-state index in [1.54, 1.807) is 36.6 Å². The van der Waals surface area contributed by atoms with Gasteiger partial charge in [0.1, 0.15) is 17.7 Å². The van der Waals surface area contributed by atoms with Crippen LogP contribution >= 0.6 is 11.6 Å². The van der Waals surface area contributed by atoms with Gasteiger partial charge < -0.3 is 9.52 Å². The molecular formula is C15H10ClNO2. The van der Waals surface area contributed by atoms with Crippen LogP contribution in [0.1, 0.15) is 0 Å². The van der Waals surface area contributed by atoms with Crippen molar-refractivity contribution < 1.29 is 9.52 Å². The molecule has 1 N–H and O–H groups in total. The third-order valence-corrected chi connectivity index (χ3v) is 3.03. The Morgan fingerprint density at radius 1 is 1.00 bits per heavy atom. The minimum absolute atomic E-state index is 0.145. The Labute approximate surface area is 115 Å². The number of benzene rings is 2. The second-order valence-electron chi connectivity index (χ2n) is 4.06. The highest BCUT2D eigenvalue weighted by Gasteiger charge is 2.11. The molecule has 0 aliphatic rings. The fourth-order valence-corrected chi connectivity index (χ4v) is 1.93. The summed E-state index contributed by atoms with van der Waals surface area (Å²) in [5, 5.41) is 10.4. The number of para-hydroxylation sites is 1. The molecule has 0 atom stereocenters. The van der Waals surface area contributed by atoms with Crippen molar-refractivity contribution in [3.63, 3.8) is 0 Å². The van der Waals surface area contributed by atoms with Gasteiger partial charge in [-0.3, -0.25) is 0 Å². The minimum atomic E-state index is 0.145. The van der Waals surface area contributed by atoms with Crippen LogP contribution in [-0.4, -0.2) is 10.1 Å². The highest BCUT2D eigenvalue weighted by Crippen LogP contribution is 2.30. The molecule has 0 aliphatic heterocycles. The summed E-state index contributed by atoms with van der Waals surface area (Å²) >= 11 is 5.84. The van der Waals surface area contributed by atoms with Crippen LogP contribution < -0.4 is 0 Å². The lowest BCUT2D eigenvalue weighted by Crippen LogP contribution is -1.80. The summed E-state index contributed by atoms with van der Waals surface area (Å²) in [5.41, 5.74) is 2.19. The van der Waals surface area contributed by atoms with Gasteiger partial charge in [-0.15, -0.1) is 0 Å². The van der Waals surface area contributed by atoms with Gasteiger partial charge in [-0.05, 0) is 24.3 Å². The first-order chi connectivity index (χ1) is 9.24. The summed E-state index contributed by atoms with van der Waals surface area (Å²) in [5.74, 6) is 0.537. The van der Waals surface area contributed by atoms with Gasteiger partial charge in [-0.1, -0.05) is 35.9 Å². The van der Waals surface area contributed by atoms with Gasteiger partial charge in [0, 0.05) is 10.6 Å². The van der Waals surface area contributed by atoms with Crippen molar-refractivity contribution in [3.05, 3.63) is 59.8 Å². The monoisotopic (exact) mass is 271 g/mol. The van der Waals surface area contributed by atoms with Crippen molar-refractivity contribution in [3.8, 4) is 28.5 Å².